The van der Waals surface area contributed by atoms with Crippen LogP contribution in [0.5, 0.6) is 11.5 Å². The number of carbonyl (C=O) groups is 3. The number of rotatable bonds is 10. The van der Waals surface area contributed by atoms with Crippen LogP contribution in [0.1, 0.15) is 47.5 Å². The molecule has 4 rings (SSSR count). The van der Waals surface area contributed by atoms with E-state index in [9.17, 15) is 14.4 Å². The second-order valence-corrected chi connectivity index (χ2v) is 9.00. The zero-order valence-electron chi connectivity index (χ0n) is 22.4. The summed E-state index contributed by atoms with van der Waals surface area (Å²) in [6.07, 6.45) is -2.17. The fraction of sp³-hybridized carbons (Fsp3) is 0.323. The number of carbonyl (C=O) groups excluding carboxylic acids is 3. The maximum absolute atomic E-state index is 14.3. The first-order chi connectivity index (χ1) is 18.9. The minimum absolute atomic E-state index is 0.00519. The van der Waals surface area contributed by atoms with Gasteiger partial charge in [0, 0.05) is 5.56 Å². The summed E-state index contributed by atoms with van der Waals surface area (Å²) >= 11 is 0. The molecule has 8 nitrogen and oxygen atoms in total. The summed E-state index contributed by atoms with van der Waals surface area (Å²) < 4.78 is 28.2. The number of esters is 2. The first kappa shape index (κ1) is 27.9. The molecule has 1 saturated heterocycles. The second kappa shape index (κ2) is 12.1. The van der Waals surface area contributed by atoms with E-state index in [-0.39, 0.29) is 13.2 Å². The Morgan fingerprint density at radius 2 is 1.21 bits per heavy atom. The molecule has 39 heavy (non-hydrogen) atoms. The van der Waals surface area contributed by atoms with Crippen molar-refractivity contribution < 1.29 is 38.1 Å². The van der Waals surface area contributed by atoms with Crippen molar-refractivity contribution in [2.24, 2.45) is 11.3 Å². The fourth-order valence-corrected chi connectivity index (χ4v) is 5.10. The lowest BCUT2D eigenvalue weighted by molar-refractivity contribution is -0.178. The van der Waals surface area contributed by atoms with E-state index in [1.165, 1.54) is 7.11 Å². The summed E-state index contributed by atoms with van der Waals surface area (Å²) in [5, 5.41) is 0. The maximum Gasteiger partial charge on any atom is 0.327 e. The van der Waals surface area contributed by atoms with E-state index in [2.05, 4.69) is 0 Å². The van der Waals surface area contributed by atoms with Gasteiger partial charge in [0.05, 0.1) is 39.5 Å². The molecule has 0 N–H and O–H groups in total. The number of ketones is 1. The van der Waals surface area contributed by atoms with Crippen molar-refractivity contribution in [1.82, 2.24) is 0 Å². The normalized spacial score (nSPS) is 19.6. The van der Waals surface area contributed by atoms with Gasteiger partial charge in [-0.05, 0) is 49.2 Å². The highest BCUT2D eigenvalue weighted by atomic mass is 16.6. The topological polar surface area (TPSA) is 97.4 Å². The molecule has 3 aromatic carbocycles. The molecule has 0 amide bonds. The lowest BCUT2D eigenvalue weighted by atomic mass is 9.66. The van der Waals surface area contributed by atoms with Crippen LogP contribution < -0.4 is 9.47 Å². The molecule has 1 aliphatic heterocycles. The third-order valence-corrected chi connectivity index (χ3v) is 6.92. The standard InChI is InChI=1S/C31H32O8/c1-5-37-29(33)31(30(34)38-6-2)25(26(32)20-10-8-7-9-11-20)27(21-12-16-23(35-3)17-13-21)39-28(31)22-14-18-24(36-4)19-15-22/h7-19,25,27-28H,5-6H2,1-4H3/t25-,27-,28+/m1/s1. The Labute approximate surface area is 227 Å². The second-order valence-electron chi connectivity index (χ2n) is 9.00. The molecule has 1 heterocycles. The van der Waals surface area contributed by atoms with Gasteiger partial charge in [-0.2, -0.15) is 0 Å². The lowest BCUT2D eigenvalue weighted by Gasteiger charge is -2.33. The van der Waals surface area contributed by atoms with Crippen molar-refractivity contribution in [2.45, 2.75) is 26.1 Å². The summed E-state index contributed by atoms with van der Waals surface area (Å²) in [5.41, 5.74) is -0.700. The highest BCUT2D eigenvalue weighted by Gasteiger charge is 2.70. The highest BCUT2D eigenvalue weighted by Crippen LogP contribution is 2.59. The van der Waals surface area contributed by atoms with E-state index in [0.29, 0.717) is 28.2 Å². The summed E-state index contributed by atoms with van der Waals surface area (Å²) in [5.74, 6) is -2.30. The first-order valence-electron chi connectivity index (χ1n) is 12.8. The van der Waals surface area contributed by atoms with Crippen LogP contribution in [0, 0.1) is 11.3 Å². The Kier molecular flexibility index (Phi) is 8.66. The minimum atomic E-state index is -2.13. The molecule has 1 fully saturated rings. The number of methoxy groups -OCH3 is 2. The molecular formula is C31H32O8. The average Bonchev–Trinajstić information content (AvgIpc) is 3.34. The van der Waals surface area contributed by atoms with Gasteiger partial charge in [-0.25, -0.2) is 0 Å². The third-order valence-electron chi connectivity index (χ3n) is 6.92. The molecule has 0 aliphatic carbocycles. The molecule has 0 aromatic heterocycles. The van der Waals surface area contributed by atoms with Crippen molar-refractivity contribution >= 4 is 17.7 Å². The smallest absolute Gasteiger partial charge is 0.327 e. The summed E-state index contributed by atoms with van der Waals surface area (Å²) in [4.78, 5) is 42.4. The molecule has 0 radical (unpaired) electrons. The van der Waals surface area contributed by atoms with E-state index in [4.69, 9.17) is 23.7 Å². The third kappa shape index (κ3) is 5.12. The van der Waals surface area contributed by atoms with Crippen LogP contribution in [0.25, 0.3) is 0 Å². The number of ether oxygens (including phenoxy) is 5. The van der Waals surface area contributed by atoms with Crippen molar-refractivity contribution in [2.75, 3.05) is 27.4 Å². The van der Waals surface area contributed by atoms with Crippen LogP contribution in [0.3, 0.4) is 0 Å². The SMILES string of the molecule is CCOC(=O)C1(C(=O)OCC)[C@H](C(=O)c2ccccc2)[C@@H](c2ccc(OC)cc2)O[C@H]1c1ccc(OC)cc1. The van der Waals surface area contributed by atoms with Crippen molar-refractivity contribution in [3.63, 3.8) is 0 Å². The van der Waals surface area contributed by atoms with E-state index >= 15 is 0 Å². The minimum Gasteiger partial charge on any atom is -0.497 e. The predicted octanol–water partition coefficient (Wildman–Crippen LogP) is 5.13. The molecule has 0 spiro atoms. The number of hydrogen-bond acceptors (Lipinski definition) is 8. The molecule has 0 unspecified atom stereocenters. The molecule has 204 valence electrons. The summed E-state index contributed by atoms with van der Waals surface area (Å²) in [7, 11) is 3.09. The Morgan fingerprint density at radius 1 is 0.718 bits per heavy atom. The highest BCUT2D eigenvalue weighted by molar-refractivity contribution is 6.10. The van der Waals surface area contributed by atoms with Crippen LogP contribution in [0.4, 0.5) is 0 Å². The van der Waals surface area contributed by atoms with E-state index in [1.54, 1.807) is 99.8 Å². The van der Waals surface area contributed by atoms with Crippen molar-refractivity contribution in [3.8, 4) is 11.5 Å². The zero-order valence-corrected chi connectivity index (χ0v) is 22.4. The molecule has 8 heteroatoms. The van der Waals surface area contributed by atoms with Crippen molar-refractivity contribution in [1.29, 1.82) is 0 Å². The largest absolute Gasteiger partial charge is 0.497 e. The Hall–Kier alpha value is -4.17. The first-order valence-corrected chi connectivity index (χ1v) is 12.8. The Balaban J connectivity index is 2.00. The average molecular weight is 533 g/mol. The van der Waals surface area contributed by atoms with Gasteiger partial charge in [0.25, 0.3) is 0 Å². The van der Waals surface area contributed by atoms with Gasteiger partial charge in [0.15, 0.2) is 5.78 Å². The predicted molar refractivity (Wildman–Crippen MR) is 143 cm³/mol. The number of benzene rings is 3. The van der Waals surface area contributed by atoms with Crippen LogP contribution in [-0.4, -0.2) is 45.2 Å². The fourth-order valence-electron chi connectivity index (χ4n) is 5.10. The molecule has 0 bridgehead atoms. The lowest BCUT2D eigenvalue weighted by Crippen LogP contribution is -2.51. The van der Waals surface area contributed by atoms with Crippen LogP contribution in [-0.2, 0) is 23.8 Å². The van der Waals surface area contributed by atoms with Gasteiger partial charge < -0.3 is 23.7 Å². The Bertz CT molecular complexity index is 1270. The van der Waals surface area contributed by atoms with E-state index in [1.807, 2.05) is 0 Å². The Morgan fingerprint density at radius 3 is 1.67 bits per heavy atom. The van der Waals surface area contributed by atoms with Crippen LogP contribution in [0.2, 0.25) is 0 Å². The molecule has 3 aromatic rings. The molecule has 3 atom stereocenters. The van der Waals surface area contributed by atoms with Gasteiger partial charge >= 0.3 is 11.9 Å². The quantitative estimate of drug-likeness (QED) is 0.201. The zero-order chi connectivity index (χ0) is 28.0. The molecule has 1 aliphatic rings. The van der Waals surface area contributed by atoms with E-state index < -0.39 is 41.3 Å². The molecule has 0 saturated carbocycles. The number of Topliss-reactive ketones (excluding diaryl/α,β-unsaturated/α-hetero) is 1. The summed E-state index contributed by atoms with van der Waals surface area (Å²) in [6.45, 7) is 3.28. The van der Waals surface area contributed by atoms with Crippen LogP contribution in [0.15, 0.2) is 78.9 Å². The van der Waals surface area contributed by atoms with Crippen LogP contribution >= 0.6 is 0 Å². The van der Waals surface area contributed by atoms with Gasteiger partial charge in [0.2, 0.25) is 5.41 Å². The van der Waals surface area contributed by atoms with E-state index in [0.717, 1.165) is 0 Å². The monoisotopic (exact) mass is 532 g/mol. The summed E-state index contributed by atoms with van der Waals surface area (Å²) in [6, 6.07) is 22.3. The van der Waals surface area contributed by atoms with Gasteiger partial charge in [-0.1, -0.05) is 54.6 Å². The van der Waals surface area contributed by atoms with Crippen molar-refractivity contribution in [3.05, 3.63) is 95.6 Å². The number of hydrogen-bond donors (Lipinski definition) is 0. The maximum atomic E-state index is 14.3. The molecular weight excluding hydrogens is 500 g/mol. The van der Waals surface area contributed by atoms with Gasteiger partial charge in [-0.3, -0.25) is 14.4 Å². The van der Waals surface area contributed by atoms with Gasteiger partial charge in [0.1, 0.15) is 17.6 Å². The van der Waals surface area contributed by atoms with Gasteiger partial charge in [-0.15, -0.1) is 0 Å².